The lowest BCUT2D eigenvalue weighted by atomic mass is 10.3. The summed E-state index contributed by atoms with van der Waals surface area (Å²) in [6.07, 6.45) is 0. The molecule has 0 N–H and O–H groups in total. The van der Waals surface area contributed by atoms with Gasteiger partial charge in [0.1, 0.15) is 6.54 Å². The van der Waals surface area contributed by atoms with E-state index in [1.807, 2.05) is 30.3 Å². The van der Waals surface area contributed by atoms with E-state index < -0.39 is 0 Å². The van der Waals surface area contributed by atoms with E-state index in [1.54, 1.807) is 14.1 Å². The van der Waals surface area contributed by atoms with Crippen molar-refractivity contribution in [1.82, 2.24) is 4.90 Å². The summed E-state index contributed by atoms with van der Waals surface area (Å²) in [4.78, 5) is 26.0. The van der Waals surface area contributed by atoms with Gasteiger partial charge in [-0.1, -0.05) is 18.2 Å². The van der Waals surface area contributed by atoms with Gasteiger partial charge in [0.25, 0.3) is 0 Å². The Morgan fingerprint density at radius 2 is 1.69 bits per heavy atom. The molecule has 1 aromatic rings. The molecule has 0 atom stereocenters. The number of hydrogen-bond acceptors (Lipinski definition) is 2. The molecule has 0 aliphatic rings. The van der Waals surface area contributed by atoms with Crippen LogP contribution in [0, 0.1) is 0 Å². The van der Waals surface area contributed by atoms with E-state index in [2.05, 4.69) is 0 Å². The van der Waals surface area contributed by atoms with Crippen LogP contribution in [0.3, 0.4) is 0 Å². The van der Waals surface area contributed by atoms with Crippen LogP contribution in [-0.4, -0.2) is 37.4 Å². The van der Waals surface area contributed by atoms with E-state index in [4.69, 9.17) is 0 Å². The van der Waals surface area contributed by atoms with Crippen molar-refractivity contribution in [1.29, 1.82) is 0 Å². The van der Waals surface area contributed by atoms with Gasteiger partial charge in [-0.05, 0) is 12.1 Å². The molecule has 16 heavy (non-hydrogen) atoms. The van der Waals surface area contributed by atoms with Crippen LogP contribution < -0.4 is 4.90 Å². The molecular formula is C12H16N2O2. The van der Waals surface area contributed by atoms with Gasteiger partial charge in [0.2, 0.25) is 11.8 Å². The Kier molecular flexibility index (Phi) is 4.05. The summed E-state index contributed by atoms with van der Waals surface area (Å²) in [5.41, 5.74) is 0.741. The average Bonchev–Trinajstić information content (AvgIpc) is 2.26. The highest BCUT2D eigenvalue weighted by molar-refractivity contribution is 5.97. The van der Waals surface area contributed by atoms with E-state index in [0.29, 0.717) is 0 Å². The number of anilines is 1. The van der Waals surface area contributed by atoms with Crippen LogP contribution in [0.1, 0.15) is 6.92 Å². The molecule has 86 valence electrons. The van der Waals surface area contributed by atoms with Crippen molar-refractivity contribution in [3.8, 4) is 0 Å². The lowest BCUT2D eigenvalue weighted by molar-refractivity contribution is -0.129. The largest absolute Gasteiger partial charge is 0.347 e. The minimum Gasteiger partial charge on any atom is -0.347 e. The first kappa shape index (κ1) is 12.2. The highest BCUT2D eigenvalue weighted by atomic mass is 16.2. The number of nitrogens with zero attached hydrogens (tertiary/aromatic N) is 2. The maximum absolute atomic E-state index is 11.6. The van der Waals surface area contributed by atoms with E-state index in [1.165, 1.54) is 16.7 Å². The monoisotopic (exact) mass is 220 g/mol. The summed E-state index contributed by atoms with van der Waals surface area (Å²) < 4.78 is 0. The summed E-state index contributed by atoms with van der Waals surface area (Å²) in [6, 6.07) is 9.17. The molecule has 0 aromatic heterocycles. The third-order valence-corrected chi connectivity index (χ3v) is 2.24. The molecule has 0 unspecified atom stereocenters. The Labute approximate surface area is 95.5 Å². The maximum atomic E-state index is 11.6. The first-order valence-electron chi connectivity index (χ1n) is 5.05. The molecule has 0 spiro atoms. The summed E-state index contributed by atoms with van der Waals surface area (Å²) in [5.74, 6) is -0.236. The number of benzene rings is 1. The molecule has 4 nitrogen and oxygen atoms in total. The minimum absolute atomic E-state index is 0.0757. The molecule has 0 saturated carbocycles. The molecule has 0 heterocycles. The fraction of sp³-hybridized carbons (Fsp3) is 0.333. The second-order valence-corrected chi connectivity index (χ2v) is 3.73. The first-order chi connectivity index (χ1) is 7.52. The van der Waals surface area contributed by atoms with Crippen LogP contribution in [0.25, 0.3) is 0 Å². The molecule has 0 fully saturated rings. The molecule has 2 amide bonds. The van der Waals surface area contributed by atoms with Crippen molar-refractivity contribution in [3.63, 3.8) is 0 Å². The van der Waals surface area contributed by atoms with Gasteiger partial charge < -0.3 is 9.80 Å². The highest BCUT2D eigenvalue weighted by Gasteiger charge is 2.16. The number of hydrogen-bond donors (Lipinski definition) is 0. The Morgan fingerprint density at radius 3 is 2.12 bits per heavy atom. The summed E-state index contributed by atoms with van der Waals surface area (Å²) in [7, 11) is 3.34. The van der Waals surface area contributed by atoms with Gasteiger partial charge in [0.05, 0.1) is 0 Å². The highest BCUT2D eigenvalue weighted by Crippen LogP contribution is 2.13. The van der Waals surface area contributed by atoms with Gasteiger partial charge in [-0.15, -0.1) is 0 Å². The second kappa shape index (κ2) is 5.30. The quantitative estimate of drug-likeness (QED) is 0.766. The van der Waals surface area contributed by atoms with E-state index >= 15 is 0 Å². The number of carbonyl (C=O) groups excluding carboxylic acids is 2. The lowest BCUT2D eigenvalue weighted by Crippen LogP contribution is -2.39. The molecule has 4 heteroatoms. The summed E-state index contributed by atoms with van der Waals surface area (Å²) in [5, 5.41) is 0. The molecule has 0 radical (unpaired) electrons. The van der Waals surface area contributed by atoms with Crippen molar-refractivity contribution in [2.45, 2.75) is 6.92 Å². The molecule has 0 saturated heterocycles. The van der Waals surface area contributed by atoms with Gasteiger partial charge >= 0.3 is 0 Å². The normalized spacial score (nSPS) is 9.69. The zero-order valence-electron chi connectivity index (χ0n) is 9.80. The van der Waals surface area contributed by atoms with Gasteiger partial charge in [-0.2, -0.15) is 0 Å². The number of amides is 2. The number of likely N-dealkylation sites (N-methyl/N-ethyl adjacent to an activating group) is 1. The smallest absolute Gasteiger partial charge is 0.242 e. The molecule has 0 aliphatic heterocycles. The van der Waals surface area contributed by atoms with Gasteiger partial charge in [-0.3, -0.25) is 9.59 Å². The zero-order valence-corrected chi connectivity index (χ0v) is 9.80. The fourth-order valence-corrected chi connectivity index (χ4v) is 1.27. The van der Waals surface area contributed by atoms with Crippen molar-refractivity contribution in [3.05, 3.63) is 30.3 Å². The van der Waals surface area contributed by atoms with Crippen LogP contribution in [-0.2, 0) is 9.59 Å². The predicted octanol–water partition coefficient (Wildman–Crippen LogP) is 1.13. The molecule has 1 aromatic carbocycles. The van der Waals surface area contributed by atoms with Crippen LogP contribution >= 0.6 is 0 Å². The van der Waals surface area contributed by atoms with Crippen molar-refractivity contribution >= 4 is 17.5 Å². The predicted molar refractivity (Wildman–Crippen MR) is 63.2 cm³/mol. The third-order valence-electron chi connectivity index (χ3n) is 2.24. The van der Waals surface area contributed by atoms with Crippen molar-refractivity contribution < 1.29 is 9.59 Å². The Hall–Kier alpha value is -1.84. The summed E-state index contributed by atoms with van der Waals surface area (Å²) in [6.45, 7) is 1.53. The Morgan fingerprint density at radius 1 is 1.12 bits per heavy atom. The van der Waals surface area contributed by atoms with Crippen LogP contribution in [0.4, 0.5) is 5.69 Å². The number of rotatable bonds is 3. The van der Waals surface area contributed by atoms with Gasteiger partial charge in [0, 0.05) is 26.7 Å². The second-order valence-electron chi connectivity index (χ2n) is 3.73. The Bertz CT molecular complexity index is 374. The topological polar surface area (TPSA) is 40.6 Å². The molecule has 1 rings (SSSR count). The standard InChI is InChI=1S/C12H16N2O2/c1-10(15)14(9-12(16)13(2)3)11-7-5-4-6-8-11/h4-8H,9H2,1-3H3. The van der Waals surface area contributed by atoms with Crippen molar-refractivity contribution in [2.75, 3.05) is 25.5 Å². The molecule has 0 aliphatic carbocycles. The van der Waals surface area contributed by atoms with Crippen molar-refractivity contribution in [2.24, 2.45) is 0 Å². The number of carbonyl (C=O) groups is 2. The van der Waals surface area contributed by atoms with Crippen LogP contribution in [0.15, 0.2) is 30.3 Å². The van der Waals surface area contributed by atoms with Crippen LogP contribution in [0.2, 0.25) is 0 Å². The molecule has 0 bridgehead atoms. The summed E-state index contributed by atoms with van der Waals surface area (Å²) >= 11 is 0. The fourth-order valence-electron chi connectivity index (χ4n) is 1.27. The SMILES string of the molecule is CC(=O)N(CC(=O)N(C)C)c1ccccc1. The zero-order chi connectivity index (χ0) is 12.1. The van der Waals surface area contributed by atoms with E-state index in [9.17, 15) is 9.59 Å². The average molecular weight is 220 g/mol. The minimum atomic E-state index is -0.138. The van der Waals surface area contributed by atoms with Crippen LogP contribution in [0.5, 0.6) is 0 Å². The van der Waals surface area contributed by atoms with Gasteiger partial charge in [0.15, 0.2) is 0 Å². The number of para-hydroxylation sites is 1. The van der Waals surface area contributed by atoms with E-state index in [0.717, 1.165) is 5.69 Å². The molecular weight excluding hydrogens is 204 g/mol. The Balaban J connectivity index is 2.85. The third kappa shape index (κ3) is 3.08. The van der Waals surface area contributed by atoms with Gasteiger partial charge in [-0.25, -0.2) is 0 Å². The maximum Gasteiger partial charge on any atom is 0.242 e. The first-order valence-corrected chi connectivity index (χ1v) is 5.05. The lowest BCUT2D eigenvalue weighted by Gasteiger charge is -2.22. The van der Waals surface area contributed by atoms with E-state index in [-0.39, 0.29) is 18.4 Å².